The molecular weight excluding hydrogens is 256 g/mol. The van der Waals surface area contributed by atoms with Gasteiger partial charge in [0.15, 0.2) is 0 Å². The van der Waals surface area contributed by atoms with Gasteiger partial charge in [-0.15, -0.1) is 11.3 Å². The second-order valence-electron chi connectivity index (χ2n) is 5.72. The number of carbonyl (C=O) groups excluding carboxylic acids is 1. The van der Waals surface area contributed by atoms with Gasteiger partial charge in [0.25, 0.3) is 5.91 Å². The Morgan fingerprint density at radius 3 is 2.79 bits per heavy atom. The van der Waals surface area contributed by atoms with Crippen LogP contribution in [0.2, 0.25) is 0 Å². The molecule has 0 radical (unpaired) electrons. The summed E-state index contributed by atoms with van der Waals surface area (Å²) in [7, 11) is 2.14. The summed E-state index contributed by atoms with van der Waals surface area (Å²) in [5.41, 5.74) is 1.44. The first kappa shape index (κ1) is 13.1. The lowest BCUT2D eigenvalue weighted by molar-refractivity contribution is 0.0767. The molecular formula is C15H22N2OS. The molecule has 1 aromatic rings. The van der Waals surface area contributed by atoms with Crippen molar-refractivity contribution in [1.29, 1.82) is 0 Å². The van der Waals surface area contributed by atoms with E-state index in [1.807, 2.05) is 4.90 Å². The molecule has 1 fully saturated rings. The number of hydrogen-bond donors (Lipinski definition) is 0. The molecule has 1 saturated heterocycles. The van der Waals surface area contributed by atoms with Crippen molar-refractivity contribution in [2.24, 2.45) is 0 Å². The average Bonchev–Trinajstić information content (AvgIpc) is 2.74. The molecule has 1 amide bonds. The second kappa shape index (κ2) is 5.63. The van der Waals surface area contributed by atoms with Gasteiger partial charge in [0.2, 0.25) is 0 Å². The summed E-state index contributed by atoms with van der Waals surface area (Å²) < 4.78 is 0. The lowest BCUT2D eigenvalue weighted by atomic mass is 9.99. The number of likely N-dealkylation sites (N-methyl/N-ethyl adjacent to an activating group) is 1. The number of rotatable bonds is 1. The predicted octanol–water partition coefficient (Wildman–Crippen LogP) is 2.40. The highest BCUT2D eigenvalue weighted by atomic mass is 32.1. The van der Waals surface area contributed by atoms with Gasteiger partial charge < -0.3 is 9.80 Å². The molecule has 1 aliphatic heterocycles. The number of nitrogens with zero attached hydrogens (tertiary/aromatic N) is 2. The Hall–Kier alpha value is -0.870. The van der Waals surface area contributed by atoms with Crippen molar-refractivity contribution in [3.63, 3.8) is 0 Å². The highest BCUT2D eigenvalue weighted by Gasteiger charge is 2.22. The Morgan fingerprint density at radius 2 is 1.95 bits per heavy atom. The minimum absolute atomic E-state index is 0.259. The van der Waals surface area contributed by atoms with E-state index >= 15 is 0 Å². The predicted molar refractivity (Wildman–Crippen MR) is 79.0 cm³/mol. The van der Waals surface area contributed by atoms with Gasteiger partial charge in [-0.1, -0.05) is 0 Å². The van der Waals surface area contributed by atoms with Crippen LogP contribution in [0, 0.1) is 0 Å². The number of hydrogen-bond acceptors (Lipinski definition) is 3. The van der Waals surface area contributed by atoms with Crippen LogP contribution in [0.4, 0.5) is 0 Å². The standard InChI is InChI=1S/C15H22N2OS/c1-16-7-4-8-17(10-9-16)15(18)14-11-12-5-2-3-6-13(12)19-14/h11H,2-10H2,1H3. The molecule has 104 valence electrons. The summed E-state index contributed by atoms with van der Waals surface area (Å²) in [4.78, 5) is 19.4. The van der Waals surface area contributed by atoms with Gasteiger partial charge in [-0.25, -0.2) is 0 Å². The first-order valence-corrected chi connectivity index (χ1v) is 8.15. The fourth-order valence-corrected chi connectivity index (χ4v) is 4.22. The molecule has 4 heteroatoms. The second-order valence-corrected chi connectivity index (χ2v) is 6.85. The van der Waals surface area contributed by atoms with E-state index in [-0.39, 0.29) is 5.91 Å². The molecule has 2 heterocycles. The number of amides is 1. The Balaban J connectivity index is 1.74. The molecule has 0 saturated carbocycles. The zero-order valence-electron chi connectivity index (χ0n) is 11.7. The molecule has 1 aliphatic carbocycles. The quantitative estimate of drug-likeness (QED) is 0.787. The molecule has 0 unspecified atom stereocenters. The normalized spacial score (nSPS) is 21.0. The summed E-state index contributed by atoms with van der Waals surface area (Å²) in [5, 5.41) is 0. The van der Waals surface area contributed by atoms with Crippen LogP contribution in [0.3, 0.4) is 0 Å². The lowest BCUT2D eigenvalue weighted by Crippen LogP contribution is -2.34. The largest absolute Gasteiger partial charge is 0.337 e. The van der Waals surface area contributed by atoms with Crippen LogP contribution in [-0.2, 0) is 12.8 Å². The van der Waals surface area contributed by atoms with Crippen molar-refractivity contribution in [1.82, 2.24) is 9.80 Å². The Morgan fingerprint density at radius 1 is 1.11 bits per heavy atom. The summed E-state index contributed by atoms with van der Waals surface area (Å²) in [6, 6.07) is 2.16. The monoisotopic (exact) mass is 278 g/mol. The maximum atomic E-state index is 12.6. The molecule has 0 aromatic carbocycles. The van der Waals surface area contributed by atoms with Gasteiger partial charge in [0.05, 0.1) is 4.88 Å². The summed E-state index contributed by atoms with van der Waals surface area (Å²) in [6.07, 6.45) is 6.01. The van der Waals surface area contributed by atoms with Crippen molar-refractivity contribution in [2.75, 3.05) is 33.2 Å². The maximum Gasteiger partial charge on any atom is 0.263 e. The molecule has 0 atom stereocenters. The Kier molecular flexibility index (Phi) is 3.89. The van der Waals surface area contributed by atoms with Crippen molar-refractivity contribution in [3.05, 3.63) is 21.4 Å². The number of aryl methyl sites for hydroxylation is 2. The number of carbonyl (C=O) groups is 1. The van der Waals surface area contributed by atoms with Crippen LogP contribution in [0.25, 0.3) is 0 Å². The van der Waals surface area contributed by atoms with Gasteiger partial charge >= 0.3 is 0 Å². The van der Waals surface area contributed by atoms with E-state index in [0.717, 1.165) is 37.5 Å². The summed E-state index contributed by atoms with van der Waals surface area (Å²) in [6.45, 7) is 3.88. The third kappa shape index (κ3) is 2.84. The SMILES string of the molecule is CN1CCCN(C(=O)c2cc3c(s2)CCCC3)CC1. The van der Waals surface area contributed by atoms with E-state index in [1.165, 1.54) is 36.1 Å². The first-order chi connectivity index (χ1) is 9.24. The van der Waals surface area contributed by atoms with Crippen LogP contribution in [0.5, 0.6) is 0 Å². The third-order valence-corrected chi connectivity index (χ3v) is 5.44. The third-order valence-electron chi connectivity index (χ3n) is 4.21. The highest BCUT2D eigenvalue weighted by Crippen LogP contribution is 2.30. The molecule has 1 aromatic heterocycles. The first-order valence-electron chi connectivity index (χ1n) is 7.33. The van der Waals surface area contributed by atoms with E-state index < -0.39 is 0 Å². The minimum Gasteiger partial charge on any atom is -0.337 e. The Bertz CT molecular complexity index is 445. The summed E-state index contributed by atoms with van der Waals surface area (Å²) in [5.74, 6) is 0.259. The van der Waals surface area contributed by atoms with Crippen molar-refractivity contribution in [2.45, 2.75) is 32.1 Å². The molecule has 0 bridgehead atoms. The Labute approximate surface area is 119 Å². The fraction of sp³-hybridized carbons (Fsp3) is 0.667. The van der Waals surface area contributed by atoms with E-state index in [9.17, 15) is 4.79 Å². The fourth-order valence-electron chi connectivity index (χ4n) is 3.00. The van der Waals surface area contributed by atoms with Gasteiger partial charge in [-0.05, 0) is 57.3 Å². The van der Waals surface area contributed by atoms with Gasteiger partial charge in [0, 0.05) is 24.5 Å². The van der Waals surface area contributed by atoms with Crippen LogP contribution in [0.15, 0.2) is 6.07 Å². The van der Waals surface area contributed by atoms with Gasteiger partial charge in [-0.3, -0.25) is 4.79 Å². The van der Waals surface area contributed by atoms with Crippen molar-refractivity contribution < 1.29 is 4.79 Å². The zero-order chi connectivity index (χ0) is 13.2. The minimum atomic E-state index is 0.259. The van der Waals surface area contributed by atoms with Crippen LogP contribution in [-0.4, -0.2) is 48.9 Å². The molecule has 3 nitrogen and oxygen atoms in total. The van der Waals surface area contributed by atoms with E-state index in [1.54, 1.807) is 11.3 Å². The molecule has 0 N–H and O–H groups in total. The topological polar surface area (TPSA) is 23.6 Å². The number of thiophene rings is 1. The van der Waals surface area contributed by atoms with E-state index in [2.05, 4.69) is 18.0 Å². The zero-order valence-corrected chi connectivity index (χ0v) is 12.5. The maximum absolute atomic E-state index is 12.6. The number of fused-ring (bicyclic) bond motifs is 1. The van der Waals surface area contributed by atoms with Crippen LogP contribution >= 0.6 is 11.3 Å². The van der Waals surface area contributed by atoms with E-state index in [4.69, 9.17) is 0 Å². The summed E-state index contributed by atoms with van der Waals surface area (Å²) >= 11 is 1.74. The molecule has 19 heavy (non-hydrogen) atoms. The van der Waals surface area contributed by atoms with Gasteiger partial charge in [-0.2, -0.15) is 0 Å². The average molecular weight is 278 g/mol. The van der Waals surface area contributed by atoms with Crippen LogP contribution in [0.1, 0.15) is 39.4 Å². The van der Waals surface area contributed by atoms with Crippen molar-refractivity contribution >= 4 is 17.2 Å². The highest BCUT2D eigenvalue weighted by molar-refractivity contribution is 7.14. The van der Waals surface area contributed by atoms with E-state index in [0.29, 0.717) is 0 Å². The molecule has 2 aliphatic rings. The smallest absolute Gasteiger partial charge is 0.263 e. The van der Waals surface area contributed by atoms with Crippen molar-refractivity contribution in [3.8, 4) is 0 Å². The molecule has 3 rings (SSSR count). The van der Waals surface area contributed by atoms with Gasteiger partial charge in [0.1, 0.15) is 0 Å². The lowest BCUT2D eigenvalue weighted by Gasteiger charge is -2.19. The molecule has 0 spiro atoms. The van der Waals surface area contributed by atoms with Crippen LogP contribution < -0.4 is 0 Å².